The lowest BCUT2D eigenvalue weighted by Gasteiger charge is -2.39. The Labute approximate surface area is 145 Å². The van der Waals surface area contributed by atoms with Crippen LogP contribution in [0.2, 0.25) is 0 Å². The first-order valence-corrected chi connectivity index (χ1v) is 8.75. The van der Waals surface area contributed by atoms with Crippen LogP contribution in [0.15, 0.2) is 54.6 Å². The molecule has 0 unspecified atom stereocenters. The van der Waals surface area contributed by atoms with Gasteiger partial charge < -0.3 is 0 Å². The van der Waals surface area contributed by atoms with Crippen LogP contribution < -0.4 is 0 Å². The number of rotatable bonds is 2. The highest BCUT2D eigenvalue weighted by molar-refractivity contribution is 5.29. The van der Waals surface area contributed by atoms with Gasteiger partial charge in [-0.25, -0.2) is 14.2 Å². The molecule has 25 heavy (non-hydrogen) atoms. The summed E-state index contributed by atoms with van der Waals surface area (Å²) in [5.74, 6) is 0.413. The minimum Gasteiger partial charge on any atom is -0.226 e. The molecule has 5 heteroatoms. The summed E-state index contributed by atoms with van der Waals surface area (Å²) in [4.78, 5) is 23.2. The molecular formula is C20H19FO4. The predicted octanol–water partition coefficient (Wildman–Crippen LogP) is 4.43. The van der Waals surface area contributed by atoms with Crippen LogP contribution in [0.1, 0.15) is 36.7 Å². The second-order valence-electron chi connectivity index (χ2n) is 7.11. The van der Waals surface area contributed by atoms with Crippen LogP contribution in [-0.2, 0) is 25.2 Å². The van der Waals surface area contributed by atoms with Crippen molar-refractivity contribution >= 4 is 0 Å². The first kappa shape index (κ1) is 15.5. The molecule has 2 bridgehead atoms. The van der Waals surface area contributed by atoms with Gasteiger partial charge in [0.05, 0.1) is 0 Å². The van der Waals surface area contributed by atoms with Gasteiger partial charge in [0, 0.05) is 5.56 Å². The Bertz CT molecular complexity index is 750. The lowest BCUT2D eigenvalue weighted by atomic mass is 9.77. The Morgan fingerprint density at radius 3 is 2.48 bits per heavy atom. The number of hydrogen-bond donors (Lipinski definition) is 0. The van der Waals surface area contributed by atoms with Gasteiger partial charge in [-0.1, -0.05) is 42.5 Å². The van der Waals surface area contributed by atoms with Crippen molar-refractivity contribution in [3.63, 3.8) is 0 Å². The van der Waals surface area contributed by atoms with Gasteiger partial charge in [-0.05, 0) is 48.8 Å². The number of benzene rings is 2. The highest BCUT2D eigenvalue weighted by atomic mass is 19.1. The van der Waals surface area contributed by atoms with E-state index in [1.807, 2.05) is 18.2 Å². The maximum atomic E-state index is 13.2. The summed E-state index contributed by atoms with van der Waals surface area (Å²) >= 11 is 0. The molecule has 2 aromatic carbocycles. The van der Waals surface area contributed by atoms with Crippen molar-refractivity contribution in [3.8, 4) is 0 Å². The Kier molecular flexibility index (Phi) is 3.64. The number of hydrogen-bond acceptors (Lipinski definition) is 4. The van der Waals surface area contributed by atoms with Crippen molar-refractivity contribution in [3.05, 3.63) is 71.5 Å². The van der Waals surface area contributed by atoms with Crippen LogP contribution >= 0.6 is 0 Å². The summed E-state index contributed by atoms with van der Waals surface area (Å²) in [5.41, 5.74) is 1.05. The third kappa shape index (κ3) is 2.34. The van der Waals surface area contributed by atoms with Gasteiger partial charge in [0.2, 0.25) is 6.29 Å². The lowest BCUT2D eigenvalue weighted by molar-refractivity contribution is -0.450. The third-order valence-electron chi connectivity index (χ3n) is 5.82. The standard InChI is InChI=1S/C20H19FO4/c21-17-10-7-13(8-11-17)19-23-22-18-14-6-9-16(12-14)20(18,25-24-19)15-4-2-1-3-5-15/h1-5,7-8,10-11,14,16,18-19H,6,9,12H2/t14-,16+,18+,19+,20-/m0/s1. The van der Waals surface area contributed by atoms with Crippen LogP contribution in [0, 0.1) is 17.7 Å². The lowest BCUT2D eigenvalue weighted by Crippen LogP contribution is -2.46. The zero-order valence-corrected chi connectivity index (χ0v) is 13.6. The summed E-state index contributed by atoms with van der Waals surface area (Å²) in [6.07, 6.45) is 2.19. The molecular weight excluding hydrogens is 323 g/mol. The summed E-state index contributed by atoms with van der Waals surface area (Å²) < 4.78 is 13.2. The van der Waals surface area contributed by atoms with Crippen LogP contribution in [0.3, 0.4) is 0 Å². The van der Waals surface area contributed by atoms with E-state index in [0.717, 1.165) is 24.8 Å². The summed E-state index contributed by atoms with van der Waals surface area (Å²) in [7, 11) is 0. The maximum absolute atomic E-state index is 13.2. The minimum atomic E-state index is -0.841. The number of halogens is 1. The van der Waals surface area contributed by atoms with Crippen molar-refractivity contribution in [2.75, 3.05) is 0 Å². The zero-order chi connectivity index (χ0) is 16.9. The van der Waals surface area contributed by atoms with Crippen molar-refractivity contribution < 1.29 is 23.9 Å². The van der Waals surface area contributed by atoms with Crippen molar-refractivity contribution in [1.29, 1.82) is 0 Å². The van der Waals surface area contributed by atoms with Gasteiger partial charge in [0.15, 0.2) is 5.60 Å². The molecule has 1 heterocycles. The van der Waals surface area contributed by atoms with E-state index >= 15 is 0 Å². The second kappa shape index (κ2) is 5.88. The average Bonchev–Trinajstić information content (AvgIpc) is 3.18. The molecule has 0 aromatic heterocycles. The molecule has 0 amide bonds. The first-order chi connectivity index (χ1) is 12.3. The Hall–Kier alpha value is -1.79. The summed E-state index contributed by atoms with van der Waals surface area (Å²) in [5, 5.41) is 0. The molecule has 5 rings (SSSR count). The van der Waals surface area contributed by atoms with E-state index in [4.69, 9.17) is 19.6 Å². The Morgan fingerprint density at radius 1 is 0.880 bits per heavy atom. The number of fused-ring (bicyclic) bond motifs is 5. The molecule has 5 atom stereocenters. The fourth-order valence-corrected chi connectivity index (χ4v) is 4.66. The van der Waals surface area contributed by atoms with Gasteiger partial charge >= 0.3 is 0 Å². The molecule has 0 radical (unpaired) electrons. The van der Waals surface area contributed by atoms with E-state index in [-0.39, 0.29) is 11.9 Å². The molecule has 3 aliphatic rings. The monoisotopic (exact) mass is 342 g/mol. The highest BCUT2D eigenvalue weighted by Gasteiger charge is 2.64. The summed E-state index contributed by atoms with van der Waals surface area (Å²) in [6, 6.07) is 16.0. The molecule has 130 valence electrons. The molecule has 4 nitrogen and oxygen atoms in total. The maximum Gasteiger partial charge on any atom is 0.249 e. The van der Waals surface area contributed by atoms with Gasteiger partial charge in [-0.2, -0.15) is 9.78 Å². The molecule has 3 fully saturated rings. The summed E-state index contributed by atoms with van der Waals surface area (Å²) in [6.45, 7) is 0. The van der Waals surface area contributed by atoms with E-state index in [9.17, 15) is 4.39 Å². The smallest absolute Gasteiger partial charge is 0.226 e. The fraction of sp³-hybridized carbons (Fsp3) is 0.400. The van der Waals surface area contributed by atoms with Crippen LogP contribution in [-0.4, -0.2) is 6.10 Å². The van der Waals surface area contributed by atoms with Gasteiger partial charge in [0.25, 0.3) is 0 Å². The van der Waals surface area contributed by atoms with E-state index < -0.39 is 11.9 Å². The molecule has 2 aliphatic carbocycles. The van der Waals surface area contributed by atoms with E-state index in [1.54, 1.807) is 12.1 Å². The van der Waals surface area contributed by atoms with Crippen LogP contribution in [0.4, 0.5) is 4.39 Å². The van der Waals surface area contributed by atoms with Crippen molar-refractivity contribution in [1.82, 2.24) is 0 Å². The van der Waals surface area contributed by atoms with E-state index in [1.165, 1.54) is 12.1 Å². The Morgan fingerprint density at radius 2 is 1.68 bits per heavy atom. The third-order valence-corrected chi connectivity index (χ3v) is 5.82. The molecule has 2 aromatic rings. The SMILES string of the molecule is Fc1ccc([C@@H]2OO[C@@H]3[C@H]4CC[C@H](C4)[C@]3(c3ccccc3)OO2)cc1. The van der Waals surface area contributed by atoms with Gasteiger partial charge in [-0.15, -0.1) is 0 Å². The van der Waals surface area contributed by atoms with Crippen LogP contribution in [0.25, 0.3) is 0 Å². The molecule has 0 N–H and O–H groups in total. The average molecular weight is 342 g/mol. The largest absolute Gasteiger partial charge is 0.249 e. The van der Waals surface area contributed by atoms with E-state index in [0.29, 0.717) is 17.4 Å². The molecule has 1 aliphatic heterocycles. The van der Waals surface area contributed by atoms with Gasteiger partial charge in [0.1, 0.15) is 11.9 Å². The van der Waals surface area contributed by atoms with Gasteiger partial charge in [-0.3, -0.25) is 0 Å². The topological polar surface area (TPSA) is 36.9 Å². The molecule has 2 saturated carbocycles. The normalized spacial score (nSPS) is 36.8. The van der Waals surface area contributed by atoms with E-state index in [2.05, 4.69) is 12.1 Å². The minimum absolute atomic E-state index is 0.209. The van der Waals surface area contributed by atoms with Crippen LogP contribution in [0.5, 0.6) is 0 Å². The predicted molar refractivity (Wildman–Crippen MR) is 86.2 cm³/mol. The van der Waals surface area contributed by atoms with Crippen molar-refractivity contribution in [2.45, 2.75) is 37.3 Å². The zero-order valence-electron chi connectivity index (χ0n) is 13.6. The first-order valence-electron chi connectivity index (χ1n) is 8.75. The molecule has 0 spiro atoms. The highest BCUT2D eigenvalue weighted by Crippen LogP contribution is 2.60. The second-order valence-corrected chi connectivity index (χ2v) is 7.11. The quantitative estimate of drug-likeness (QED) is 0.757. The Balaban J connectivity index is 1.50. The molecule has 1 saturated heterocycles. The fourth-order valence-electron chi connectivity index (χ4n) is 4.66. The van der Waals surface area contributed by atoms with Crippen molar-refractivity contribution in [2.24, 2.45) is 11.8 Å².